The number of carbonyl (C=O) groups excluding carboxylic acids is 3. The molecular formula is C46H83NO11P+. The zero-order valence-electron chi connectivity index (χ0n) is 37.4. The first-order valence-corrected chi connectivity index (χ1v) is 24.3. The van der Waals surface area contributed by atoms with Gasteiger partial charge >= 0.3 is 19.8 Å². The molecule has 0 aromatic rings. The predicted octanol–water partition coefficient (Wildman–Crippen LogP) is 9.50. The van der Waals surface area contributed by atoms with Crippen molar-refractivity contribution in [1.29, 1.82) is 0 Å². The minimum absolute atomic E-state index is 0.0129. The number of carbonyl (C=O) groups is 3. The Morgan fingerprint density at radius 3 is 2.02 bits per heavy atom. The van der Waals surface area contributed by atoms with Gasteiger partial charge in [-0.2, -0.15) is 0 Å². The number of hydrogen-bond donors (Lipinski definition) is 3. The molecule has 0 spiro atoms. The van der Waals surface area contributed by atoms with E-state index in [4.69, 9.17) is 18.5 Å². The van der Waals surface area contributed by atoms with Crippen LogP contribution in [0.1, 0.15) is 162 Å². The summed E-state index contributed by atoms with van der Waals surface area (Å²) in [4.78, 5) is 48.1. The minimum Gasteiger partial charge on any atom is -0.462 e. The van der Waals surface area contributed by atoms with Crippen molar-refractivity contribution < 1.29 is 57.1 Å². The number of allylic oxidation sites excluding steroid dienone is 5. The summed E-state index contributed by atoms with van der Waals surface area (Å²) in [6, 6.07) is 0. The molecule has 1 fully saturated rings. The Kier molecular flexibility index (Phi) is 31.1. The van der Waals surface area contributed by atoms with Gasteiger partial charge in [-0.15, -0.1) is 0 Å². The molecule has 0 amide bonds. The monoisotopic (exact) mass is 857 g/mol. The fourth-order valence-electron chi connectivity index (χ4n) is 6.81. The number of esters is 2. The smallest absolute Gasteiger partial charge is 0.462 e. The molecule has 0 radical (unpaired) electrons. The Balaban J connectivity index is 2.50. The van der Waals surface area contributed by atoms with Crippen LogP contribution in [0.2, 0.25) is 0 Å². The zero-order valence-corrected chi connectivity index (χ0v) is 38.3. The van der Waals surface area contributed by atoms with Crippen molar-refractivity contribution in [2.75, 3.05) is 47.5 Å². The molecule has 0 bridgehead atoms. The standard InChI is InChI=1S/C46H82NO11P/c1-6-8-10-11-12-13-14-15-16-17-18-19-20-21-27-31-46(52)58-40(38-57-59(53,54)56-35-34-47(3,4)5)37-55-45(51)30-26-23-22-25-29-41-42(44(50)36-43(41)49)33-32-39(48)28-24-9-7-2/h15-16,22,25,32-33,39-43,48-49H,6-14,17-21,23-24,26-31,34-38H2,1-5H3/p+1/b16-15-,25-22-,33-32+/t39-,40+,41+,42+,43-/m0/s1. The van der Waals surface area contributed by atoms with E-state index in [2.05, 4.69) is 26.0 Å². The number of Topliss-reactive ketones (excluding diaryl/α,β-unsaturated/α-hetero) is 1. The number of hydrogen-bond acceptors (Lipinski definition) is 10. The first-order chi connectivity index (χ1) is 28.2. The van der Waals surface area contributed by atoms with E-state index in [1.165, 1.54) is 38.5 Å². The van der Waals surface area contributed by atoms with Crippen LogP contribution in [0.4, 0.5) is 0 Å². The highest BCUT2D eigenvalue weighted by molar-refractivity contribution is 7.47. The average molecular weight is 857 g/mol. The minimum atomic E-state index is -4.44. The SMILES string of the molecule is CCCCCCCC/C=C\CCCCCCCC(=O)O[C@H](COC(=O)CCC/C=C\C[C@H]1[C@@H](O)CC(=O)[C@@H]1/C=C/[C@@H](O)CCCCC)COP(=O)(O)OCC[N+](C)(C)C. The Morgan fingerprint density at radius 2 is 1.36 bits per heavy atom. The van der Waals surface area contributed by atoms with Crippen molar-refractivity contribution >= 4 is 25.5 Å². The van der Waals surface area contributed by atoms with E-state index in [1.54, 1.807) is 12.2 Å². The molecule has 0 aliphatic heterocycles. The van der Waals surface area contributed by atoms with Gasteiger partial charge in [-0.25, -0.2) is 4.57 Å². The third-order valence-electron chi connectivity index (χ3n) is 10.5. The highest BCUT2D eigenvalue weighted by Crippen LogP contribution is 2.43. The number of ketones is 1. The molecule has 0 aromatic carbocycles. The van der Waals surface area contributed by atoms with Crippen LogP contribution in [-0.4, -0.2) is 103 Å². The van der Waals surface area contributed by atoms with Gasteiger partial charge in [-0.1, -0.05) is 121 Å². The number of quaternary nitrogens is 1. The lowest BCUT2D eigenvalue weighted by Gasteiger charge is -2.24. The molecule has 1 aliphatic carbocycles. The van der Waals surface area contributed by atoms with E-state index in [1.807, 2.05) is 33.3 Å². The molecule has 59 heavy (non-hydrogen) atoms. The maximum absolute atomic E-state index is 12.7. The van der Waals surface area contributed by atoms with Crippen molar-refractivity contribution in [2.24, 2.45) is 11.8 Å². The first-order valence-electron chi connectivity index (χ1n) is 22.8. The molecule has 12 nitrogen and oxygen atoms in total. The summed E-state index contributed by atoms with van der Waals surface area (Å²) in [6.45, 7) is 3.99. The largest absolute Gasteiger partial charge is 0.472 e. The number of likely N-dealkylation sites (N-methyl/N-ethyl adjacent to an activating group) is 1. The maximum atomic E-state index is 12.7. The molecule has 0 heterocycles. The number of nitrogens with zero attached hydrogens (tertiary/aromatic N) is 1. The van der Waals surface area contributed by atoms with Crippen molar-refractivity contribution in [3.63, 3.8) is 0 Å². The second-order valence-electron chi connectivity index (χ2n) is 17.2. The van der Waals surface area contributed by atoms with Crippen LogP contribution >= 0.6 is 7.82 Å². The summed E-state index contributed by atoms with van der Waals surface area (Å²) in [5.74, 6) is -1.73. The van der Waals surface area contributed by atoms with Crippen molar-refractivity contribution in [3.8, 4) is 0 Å². The number of phosphoric ester groups is 1. The Hall–Kier alpha value is -2.18. The maximum Gasteiger partial charge on any atom is 0.472 e. The molecule has 342 valence electrons. The molecule has 0 aromatic heterocycles. The number of phosphoric acid groups is 1. The summed E-state index contributed by atoms with van der Waals surface area (Å²) in [5, 5.41) is 20.7. The fourth-order valence-corrected chi connectivity index (χ4v) is 7.55. The number of unbranched alkanes of at least 4 members (excludes halogenated alkanes) is 14. The second kappa shape index (κ2) is 33.4. The number of ether oxygens (including phenoxy) is 2. The third-order valence-corrected chi connectivity index (χ3v) is 11.5. The van der Waals surface area contributed by atoms with Gasteiger partial charge in [0.25, 0.3) is 0 Å². The van der Waals surface area contributed by atoms with Gasteiger partial charge in [0, 0.05) is 31.1 Å². The van der Waals surface area contributed by atoms with Crippen molar-refractivity contribution in [1.82, 2.24) is 0 Å². The second-order valence-corrected chi connectivity index (χ2v) is 18.7. The van der Waals surface area contributed by atoms with Gasteiger partial charge in [0.15, 0.2) is 6.10 Å². The van der Waals surface area contributed by atoms with E-state index >= 15 is 0 Å². The normalized spacial score (nSPS) is 19.5. The summed E-state index contributed by atoms with van der Waals surface area (Å²) in [6.07, 6.45) is 29.9. The summed E-state index contributed by atoms with van der Waals surface area (Å²) in [5.41, 5.74) is 0. The summed E-state index contributed by atoms with van der Waals surface area (Å²) < 4.78 is 34.2. The lowest BCUT2D eigenvalue weighted by Crippen LogP contribution is -2.37. The fraction of sp³-hybridized carbons (Fsp3) is 0.804. The quantitative estimate of drug-likeness (QED) is 0.0179. The van der Waals surface area contributed by atoms with Gasteiger partial charge in [-0.05, 0) is 57.8 Å². The van der Waals surface area contributed by atoms with Gasteiger partial charge in [0.1, 0.15) is 25.5 Å². The van der Waals surface area contributed by atoms with Crippen LogP contribution < -0.4 is 0 Å². The first kappa shape index (κ1) is 54.8. The Labute approximate surface area is 357 Å². The lowest BCUT2D eigenvalue weighted by molar-refractivity contribution is -0.870. The molecular weight excluding hydrogens is 773 g/mol. The molecule has 1 unspecified atom stereocenters. The molecule has 1 aliphatic rings. The highest BCUT2D eigenvalue weighted by Gasteiger charge is 2.39. The van der Waals surface area contributed by atoms with E-state index in [-0.39, 0.29) is 44.2 Å². The molecule has 0 saturated heterocycles. The molecule has 1 rings (SSSR count). The van der Waals surface area contributed by atoms with Crippen LogP contribution in [0.5, 0.6) is 0 Å². The summed E-state index contributed by atoms with van der Waals surface area (Å²) in [7, 11) is 1.32. The van der Waals surface area contributed by atoms with Crippen LogP contribution in [0.15, 0.2) is 36.5 Å². The zero-order chi connectivity index (χ0) is 43.8. The van der Waals surface area contributed by atoms with E-state index < -0.39 is 50.6 Å². The lowest BCUT2D eigenvalue weighted by atomic mass is 9.90. The summed E-state index contributed by atoms with van der Waals surface area (Å²) >= 11 is 0. The van der Waals surface area contributed by atoms with Gasteiger partial charge in [0.05, 0.1) is 40.0 Å². The van der Waals surface area contributed by atoms with Crippen LogP contribution in [-0.2, 0) is 37.5 Å². The van der Waals surface area contributed by atoms with E-state index in [9.17, 15) is 34.1 Å². The molecule has 13 heteroatoms. The predicted molar refractivity (Wildman–Crippen MR) is 234 cm³/mol. The highest BCUT2D eigenvalue weighted by atomic mass is 31.2. The van der Waals surface area contributed by atoms with Crippen molar-refractivity contribution in [3.05, 3.63) is 36.5 Å². The Bertz CT molecular complexity index is 1260. The number of rotatable bonds is 37. The van der Waals surface area contributed by atoms with Gasteiger partial charge in [-0.3, -0.25) is 23.4 Å². The van der Waals surface area contributed by atoms with Crippen LogP contribution in [0, 0.1) is 11.8 Å². The molecule has 1 saturated carbocycles. The van der Waals surface area contributed by atoms with Crippen LogP contribution in [0.25, 0.3) is 0 Å². The van der Waals surface area contributed by atoms with Crippen molar-refractivity contribution in [2.45, 2.75) is 180 Å². The van der Waals surface area contributed by atoms with Gasteiger partial charge < -0.3 is 29.1 Å². The third kappa shape index (κ3) is 30.5. The number of aliphatic hydroxyl groups is 2. The Morgan fingerprint density at radius 1 is 0.780 bits per heavy atom. The molecule has 3 N–H and O–H groups in total. The van der Waals surface area contributed by atoms with Gasteiger partial charge in [0.2, 0.25) is 0 Å². The molecule has 6 atom stereocenters. The topological polar surface area (TPSA) is 166 Å². The average Bonchev–Trinajstić information content (AvgIpc) is 3.44. The number of aliphatic hydroxyl groups excluding tert-OH is 2. The van der Waals surface area contributed by atoms with E-state index in [0.29, 0.717) is 43.1 Å². The van der Waals surface area contributed by atoms with Crippen LogP contribution in [0.3, 0.4) is 0 Å². The van der Waals surface area contributed by atoms with E-state index in [0.717, 1.165) is 57.8 Å².